The first-order valence-electron chi connectivity index (χ1n) is 6.39. The third kappa shape index (κ3) is 6.38. The number of rotatable bonds is 9. The molecule has 21 heavy (non-hydrogen) atoms. The van der Waals surface area contributed by atoms with E-state index in [4.69, 9.17) is 0 Å². The van der Waals surface area contributed by atoms with Gasteiger partial charge in [0.2, 0.25) is 10.0 Å². The molecule has 0 saturated carbocycles. The minimum absolute atomic E-state index is 0.0667. The summed E-state index contributed by atoms with van der Waals surface area (Å²) in [6, 6.07) is 3.28. The molecular formula is C11H20N4O4S2. The molecule has 1 aromatic heterocycles. The maximum absolute atomic E-state index is 12.1. The topological polar surface area (TPSA) is 117 Å². The zero-order valence-electron chi connectivity index (χ0n) is 12.0. The molecule has 0 amide bonds. The first kappa shape index (κ1) is 17.8. The van der Waals surface area contributed by atoms with E-state index in [1.54, 1.807) is 12.1 Å². The van der Waals surface area contributed by atoms with Crippen LogP contribution < -0.4 is 14.8 Å². The van der Waals surface area contributed by atoms with Gasteiger partial charge in [-0.15, -0.1) is 0 Å². The number of hydrogen-bond acceptors (Lipinski definition) is 6. The van der Waals surface area contributed by atoms with Crippen LogP contribution in [0.25, 0.3) is 0 Å². The number of hydrogen-bond donors (Lipinski definition) is 3. The molecule has 3 N–H and O–H groups in total. The molecule has 1 heterocycles. The predicted molar refractivity (Wildman–Crippen MR) is 81.1 cm³/mol. The maximum atomic E-state index is 12.1. The monoisotopic (exact) mass is 336 g/mol. The molecule has 0 radical (unpaired) electrons. The summed E-state index contributed by atoms with van der Waals surface area (Å²) in [6.07, 6.45) is 2.80. The van der Waals surface area contributed by atoms with Crippen LogP contribution in [-0.2, 0) is 20.0 Å². The minimum Gasteiger partial charge on any atom is -0.383 e. The van der Waals surface area contributed by atoms with Crippen molar-refractivity contribution in [1.82, 2.24) is 14.4 Å². The molecule has 0 aliphatic heterocycles. The van der Waals surface area contributed by atoms with Crippen molar-refractivity contribution in [3.05, 3.63) is 18.3 Å². The van der Waals surface area contributed by atoms with Gasteiger partial charge in [-0.25, -0.2) is 31.3 Å². The van der Waals surface area contributed by atoms with Crippen LogP contribution in [0.4, 0.5) is 5.69 Å². The summed E-state index contributed by atoms with van der Waals surface area (Å²) in [5, 5.41) is 2.86. The summed E-state index contributed by atoms with van der Waals surface area (Å²) in [7, 11) is -6.99. The Morgan fingerprint density at radius 3 is 2.43 bits per heavy atom. The quantitative estimate of drug-likeness (QED) is 0.535. The van der Waals surface area contributed by atoms with Crippen LogP contribution in [0.15, 0.2) is 23.4 Å². The molecule has 0 bridgehead atoms. The number of aromatic nitrogens is 1. The zero-order chi connectivity index (χ0) is 15.9. The Labute approximate surface area is 125 Å². The Morgan fingerprint density at radius 1 is 1.14 bits per heavy atom. The summed E-state index contributed by atoms with van der Waals surface area (Å²) in [5.41, 5.74) is 0.432. The second-order valence-electron chi connectivity index (χ2n) is 4.30. The van der Waals surface area contributed by atoms with E-state index in [2.05, 4.69) is 19.7 Å². The number of pyridine rings is 1. The van der Waals surface area contributed by atoms with Crippen molar-refractivity contribution in [2.75, 3.05) is 31.2 Å². The summed E-state index contributed by atoms with van der Waals surface area (Å²) in [5.74, 6) is 0. The average molecular weight is 336 g/mol. The fourth-order valence-corrected chi connectivity index (χ4v) is 3.25. The van der Waals surface area contributed by atoms with E-state index in [1.807, 2.05) is 6.92 Å². The highest BCUT2D eigenvalue weighted by Gasteiger charge is 2.19. The van der Waals surface area contributed by atoms with E-state index in [0.29, 0.717) is 18.7 Å². The van der Waals surface area contributed by atoms with Crippen molar-refractivity contribution < 1.29 is 16.8 Å². The fraction of sp³-hybridized carbons (Fsp3) is 0.545. The summed E-state index contributed by atoms with van der Waals surface area (Å²) in [6.45, 7) is 2.72. The van der Waals surface area contributed by atoms with E-state index in [-0.39, 0.29) is 18.1 Å². The lowest BCUT2D eigenvalue weighted by molar-refractivity contribution is 0.572. The van der Waals surface area contributed by atoms with Gasteiger partial charge in [-0.3, -0.25) is 0 Å². The van der Waals surface area contributed by atoms with Gasteiger partial charge in [0.15, 0.2) is 5.03 Å². The minimum atomic E-state index is -3.73. The Balaban J connectivity index is 2.62. The highest BCUT2D eigenvalue weighted by molar-refractivity contribution is 7.89. The largest absolute Gasteiger partial charge is 0.383 e. The predicted octanol–water partition coefficient (Wildman–Crippen LogP) is -0.269. The lowest BCUT2D eigenvalue weighted by atomic mass is 10.4. The third-order valence-electron chi connectivity index (χ3n) is 2.40. The average Bonchev–Trinajstić information content (AvgIpc) is 2.37. The molecule has 0 unspecified atom stereocenters. The van der Waals surface area contributed by atoms with Crippen molar-refractivity contribution in [2.24, 2.45) is 0 Å². The molecule has 0 aliphatic rings. The zero-order valence-corrected chi connectivity index (χ0v) is 13.6. The van der Waals surface area contributed by atoms with Crippen LogP contribution >= 0.6 is 0 Å². The lowest BCUT2D eigenvalue weighted by Gasteiger charge is -2.11. The van der Waals surface area contributed by atoms with Crippen molar-refractivity contribution in [3.63, 3.8) is 0 Å². The molecule has 0 aromatic carbocycles. The smallest absolute Gasteiger partial charge is 0.260 e. The van der Waals surface area contributed by atoms with E-state index >= 15 is 0 Å². The second-order valence-corrected chi connectivity index (χ2v) is 7.82. The first-order valence-corrected chi connectivity index (χ1v) is 9.77. The SMILES string of the molecule is CCNc1cccnc1S(=O)(=O)NCCCNS(C)(=O)=O. The number of nitrogens with zero attached hydrogens (tertiary/aromatic N) is 1. The number of anilines is 1. The van der Waals surface area contributed by atoms with Crippen LogP contribution in [-0.4, -0.2) is 47.7 Å². The van der Waals surface area contributed by atoms with Gasteiger partial charge in [0.05, 0.1) is 11.9 Å². The van der Waals surface area contributed by atoms with Crippen molar-refractivity contribution >= 4 is 25.7 Å². The number of sulfonamides is 2. The molecule has 1 aromatic rings. The first-order chi connectivity index (χ1) is 9.76. The van der Waals surface area contributed by atoms with Crippen LogP contribution in [0, 0.1) is 0 Å². The van der Waals surface area contributed by atoms with Gasteiger partial charge in [0, 0.05) is 25.8 Å². The Hall–Kier alpha value is -1.23. The summed E-state index contributed by atoms with van der Waals surface area (Å²) >= 11 is 0. The number of nitrogens with one attached hydrogen (secondary N) is 3. The Morgan fingerprint density at radius 2 is 1.81 bits per heavy atom. The van der Waals surface area contributed by atoms with E-state index < -0.39 is 20.0 Å². The molecule has 0 spiro atoms. The molecule has 0 saturated heterocycles. The van der Waals surface area contributed by atoms with Gasteiger partial charge in [0.1, 0.15) is 0 Å². The van der Waals surface area contributed by atoms with Gasteiger partial charge in [0.25, 0.3) is 10.0 Å². The summed E-state index contributed by atoms with van der Waals surface area (Å²) in [4.78, 5) is 3.88. The fourth-order valence-electron chi connectivity index (χ4n) is 1.55. The molecule has 10 heteroatoms. The second kappa shape index (κ2) is 7.69. The Bertz CT molecular complexity index is 659. The van der Waals surface area contributed by atoms with Crippen LogP contribution in [0.2, 0.25) is 0 Å². The van der Waals surface area contributed by atoms with E-state index in [1.165, 1.54) is 6.20 Å². The molecule has 120 valence electrons. The summed E-state index contributed by atoms with van der Waals surface area (Å²) < 4.78 is 50.7. The maximum Gasteiger partial charge on any atom is 0.260 e. The highest BCUT2D eigenvalue weighted by Crippen LogP contribution is 2.17. The van der Waals surface area contributed by atoms with Gasteiger partial charge >= 0.3 is 0 Å². The standard InChI is InChI=1S/C11H20N4O4S2/c1-3-12-10-6-4-7-13-11(10)21(18,19)15-9-5-8-14-20(2,16)17/h4,6-7,12,14-15H,3,5,8-9H2,1-2H3. The van der Waals surface area contributed by atoms with Crippen LogP contribution in [0.1, 0.15) is 13.3 Å². The van der Waals surface area contributed by atoms with Gasteiger partial charge in [-0.2, -0.15) is 0 Å². The molecular weight excluding hydrogens is 316 g/mol. The highest BCUT2D eigenvalue weighted by atomic mass is 32.2. The van der Waals surface area contributed by atoms with Crippen molar-refractivity contribution in [2.45, 2.75) is 18.4 Å². The molecule has 0 atom stereocenters. The molecule has 1 rings (SSSR count). The van der Waals surface area contributed by atoms with Crippen molar-refractivity contribution in [1.29, 1.82) is 0 Å². The van der Waals surface area contributed by atoms with E-state index in [0.717, 1.165) is 6.26 Å². The molecule has 0 fully saturated rings. The lowest BCUT2D eigenvalue weighted by Crippen LogP contribution is -2.30. The normalized spacial score (nSPS) is 12.3. The van der Waals surface area contributed by atoms with Crippen LogP contribution in [0.5, 0.6) is 0 Å². The molecule has 0 aliphatic carbocycles. The van der Waals surface area contributed by atoms with Gasteiger partial charge in [-0.05, 0) is 25.5 Å². The van der Waals surface area contributed by atoms with E-state index in [9.17, 15) is 16.8 Å². The van der Waals surface area contributed by atoms with Gasteiger partial charge in [-0.1, -0.05) is 0 Å². The molecule has 8 nitrogen and oxygen atoms in total. The van der Waals surface area contributed by atoms with Gasteiger partial charge < -0.3 is 5.32 Å². The Kier molecular flexibility index (Phi) is 6.52. The van der Waals surface area contributed by atoms with Crippen LogP contribution in [0.3, 0.4) is 0 Å². The third-order valence-corrected chi connectivity index (χ3v) is 4.55. The van der Waals surface area contributed by atoms with Crippen molar-refractivity contribution in [3.8, 4) is 0 Å².